The van der Waals surface area contributed by atoms with Crippen LogP contribution in [-0.4, -0.2) is 34.5 Å². The second-order valence-electron chi connectivity index (χ2n) is 5.91. The molecular formula is C16H17F3N2O3. The number of H-pyrrole nitrogens is 1. The van der Waals surface area contributed by atoms with Crippen molar-refractivity contribution in [2.75, 3.05) is 0 Å². The van der Waals surface area contributed by atoms with Crippen LogP contribution in [0.25, 0.3) is 10.9 Å². The molecule has 0 aliphatic heterocycles. The lowest BCUT2D eigenvalue weighted by molar-refractivity contribution is -0.274. The van der Waals surface area contributed by atoms with Crippen molar-refractivity contribution >= 4 is 16.8 Å². The molecule has 8 heteroatoms. The van der Waals surface area contributed by atoms with Crippen LogP contribution in [0.15, 0.2) is 24.3 Å². The van der Waals surface area contributed by atoms with Crippen molar-refractivity contribution in [2.45, 2.75) is 44.2 Å². The first-order valence-corrected chi connectivity index (χ1v) is 7.69. The number of hydrogen-bond donors (Lipinski definition) is 3. The first kappa shape index (κ1) is 16.6. The third kappa shape index (κ3) is 3.81. The molecule has 3 rings (SSSR count). The van der Waals surface area contributed by atoms with Gasteiger partial charge < -0.3 is 20.1 Å². The van der Waals surface area contributed by atoms with Gasteiger partial charge in [0.15, 0.2) is 0 Å². The molecule has 1 heterocycles. The number of nitrogens with one attached hydrogen (secondary N) is 2. The molecule has 1 saturated carbocycles. The first-order valence-electron chi connectivity index (χ1n) is 7.69. The highest BCUT2D eigenvalue weighted by Crippen LogP contribution is 2.27. The fourth-order valence-electron chi connectivity index (χ4n) is 2.95. The fourth-order valence-corrected chi connectivity index (χ4v) is 2.95. The highest BCUT2D eigenvalue weighted by molar-refractivity contribution is 5.98. The van der Waals surface area contributed by atoms with E-state index in [1.165, 1.54) is 18.2 Å². The van der Waals surface area contributed by atoms with Crippen molar-refractivity contribution in [1.82, 2.24) is 10.3 Å². The zero-order chi connectivity index (χ0) is 17.3. The minimum Gasteiger partial charge on any atom is -0.406 e. The number of rotatable bonds is 3. The molecule has 1 aromatic heterocycles. The average molecular weight is 342 g/mol. The van der Waals surface area contributed by atoms with E-state index in [1.807, 2.05) is 0 Å². The molecule has 2 atom stereocenters. The van der Waals surface area contributed by atoms with E-state index in [2.05, 4.69) is 15.0 Å². The summed E-state index contributed by atoms with van der Waals surface area (Å²) in [6.07, 6.45) is -2.11. The maximum atomic E-state index is 12.3. The Hall–Kier alpha value is -2.22. The molecule has 0 radical (unpaired) electrons. The smallest absolute Gasteiger partial charge is 0.406 e. The van der Waals surface area contributed by atoms with Gasteiger partial charge in [-0.1, -0.05) is 12.8 Å². The van der Waals surface area contributed by atoms with Crippen molar-refractivity contribution in [3.8, 4) is 5.75 Å². The van der Waals surface area contributed by atoms with Crippen LogP contribution in [0.2, 0.25) is 0 Å². The largest absolute Gasteiger partial charge is 0.573 e. The number of fused-ring (bicyclic) bond motifs is 1. The van der Waals surface area contributed by atoms with E-state index >= 15 is 0 Å². The Balaban J connectivity index is 1.76. The van der Waals surface area contributed by atoms with Gasteiger partial charge in [-0.2, -0.15) is 0 Å². The predicted molar refractivity (Wildman–Crippen MR) is 80.7 cm³/mol. The molecule has 1 amide bonds. The number of benzene rings is 1. The van der Waals surface area contributed by atoms with Gasteiger partial charge in [0.1, 0.15) is 11.4 Å². The van der Waals surface area contributed by atoms with Gasteiger partial charge in [-0.05, 0) is 31.0 Å². The molecule has 2 aromatic rings. The highest BCUT2D eigenvalue weighted by atomic mass is 19.4. The van der Waals surface area contributed by atoms with Crippen LogP contribution in [0.5, 0.6) is 5.75 Å². The lowest BCUT2D eigenvalue weighted by Gasteiger charge is -2.28. The summed E-state index contributed by atoms with van der Waals surface area (Å²) < 4.78 is 40.6. The van der Waals surface area contributed by atoms with Crippen LogP contribution in [-0.2, 0) is 0 Å². The number of aromatic nitrogens is 1. The molecule has 5 nitrogen and oxygen atoms in total. The van der Waals surface area contributed by atoms with Gasteiger partial charge in [0.05, 0.1) is 12.1 Å². The van der Waals surface area contributed by atoms with Crippen LogP contribution in [0.3, 0.4) is 0 Å². The highest BCUT2D eigenvalue weighted by Gasteiger charge is 2.31. The van der Waals surface area contributed by atoms with Gasteiger partial charge in [-0.15, -0.1) is 13.2 Å². The van der Waals surface area contributed by atoms with E-state index in [0.29, 0.717) is 23.7 Å². The van der Waals surface area contributed by atoms with Crippen LogP contribution < -0.4 is 10.1 Å². The monoisotopic (exact) mass is 342 g/mol. The minimum absolute atomic E-state index is 0.229. The lowest BCUT2D eigenvalue weighted by Crippen LogP contribution is -2.45. The third-order valence-corrected chi connectivity index (χ3v) is 4.12. The predicted octanol–water partition coefficient (Wildman–Crippen LogP) is 3.10. The van der Waals surface area contributed by atoms with E-state index < -0.39 is 18.4 Å². The number of carbonyl (C=O) groups excluding carboxylic acids is 1. The molecule has 0 bridgehead atoms. The van der Waals surface area contributed by atoms with E-state index in [9.17, 15) is 23.1 Å². The zero-order valence-corrected chi connectivity index (χ0v) is 12.7. The maximum Gasteiger partial charge on any atom is 0.573 e. The second-order valence-corrected chi connectivity index (χ2v) is 5.91. The summed E-state index contributed by atoms with van der Waals surface area (Å²) >= 11 is 0. The Labute approximate surface area is 135 Å². The molecular weight excluding hydrogens is 325 g/mol. The van der Waals surface area contributed by atoms with Gasteiger partial charge in [0.2, 0.25) is 0 Å². The van der Waals surface area contributed by atoms with Gasteiger partial charge in [-0.3, -0.25) is 4.79 Å². The van der Waals surface area contributed by atoms with Crippen molar-refractivity contribution in [3.63, 3.8) is 0 Å². The summed E-state index contributed by atoms with van der Waals surface area (Å²) in [6.45, 7) is 0. The Morgan fingerprint density at radius 3 is 2.71 bits per heavy atom. The first-order chi connectivity index (χ1) is 11.3. The number of alkyl halides is 3. The van der Waals surface area contributed by atoms with E-state index in [1.54, 1.807) is 6.07 Å². The summed E-state index contributed by atoms with van der Waals surface area (Å²) in [4.78, 5) is 15.1. The molecule has 2 unspecified atom stereocenters. The standard InChI is InChI=1S/C16H17F3N2O3/c17-16(18,19)24-10-6-5-9-7-13(20-12(9)8-10)15(23)21-11-3-1-2-4-14(11)22/h5-8,11,14,20,22H,1-4H2,(H,21,23). The number of aliphatic hydroxyl groups excluding tert-OH is 1. The molecule has 0 spiro atoms. The zero-order valence-electron chi connectivity index (χ0n) is 12.7. The summed E-state index contributed by atoms with van der Waals surface area (Å²) in [7, 11) is 0. The molecule has 130 valence electrons. The molecule has 1 aliphatic rings. The lowest BCUT2D eigenvalue weighted by atomic mass is 9.92. The Morgan fingerprint density at radius 1 is 1.25 bits per heavy atom. The summed E-state index contributed by atoms with van der Waals surface area (Å²) in [5.74, 6) is -0.748. The van der Waals surface area contributed by atoms with Crippen LogP contribution >= 0.6 is 0 Å². The average Bonchev–Trinajstić information content (AvgIpc) is 2.91. The molecule has 1 aliphatic carbocycles. The molecule has 3 N–H and O–H groups in total. The summed E-state index contributed by atoms with van der Waals surface area (Å²) in [6, 6.07) is 5.07. The topological polar surface area (TPSA) is 74.3 Å². The Kier molecular flexibility index (Phi) is 4.40. The van der Waals surface area contributed by atoms with Gasteiger partial charge in [0, 0.05) is 17.0 Å². The minimum atomic E-state index is -4.77. The van der Waals surface area contributed by atoms with Crippen LogP contribution in [0.1, 0.15) is 36.2 Å². The van der Waals surface area contributed by atoms with E-state index in [0.717, 1.165) is 12.8 Å². The summed E-state index contributed by atoms with van der Waals surface area (Å²) in [5, 5.41) is 13.3. The molecule has 0 saturated heterocycles. The normalized spacial score (nSPS) is 21.7. The van der Waals surface area contributed by atoms with Gasteiger partial charge >= 0.3 is 6.36 Å². The third-order valence-electron chi connectivity index (χ3n) is 4.12. The van der Waals surface area contributed by atoms with Crippen molar-refractivity contribution in [1.29, 1.82) is 0 Å². The van der Waals surface area contributed by atoms with Crippen LogP contribution in [0.4, 0.5) is 13.2 Å². The number of amides is 1. The van der Waals surface area contributed by atoms with Crippen molar-refractivity contribution in [3.05, 3.63) is 30.0 Å². The number of carbonyl (C=O) groups is 1. The number of aromatic amines is 1. The van der Waals surface area contributed by atoms with Crippen molar-refractivity contribution in [2.24, 2.45) is 0 Å². The maximum absolute atomic E-state index is 12.3. The van der Waals surface area contributed by atoms with Gasteiger partial charge in [-0.25, -0.2) is 0 Å². The molecule has 24 heavy (non-hydrogen) atoms. The number of hydrogen-bond acceptors (Lipinski definition) is 3. The van der Waals surface area contributed by atoms with E-state index in [4.69, 9.17) is 0 Å². The Morgan fingerprint density at radius 2 is 2.00 bits per heavy atom. The fraction of sp³-hybridized carbons (Fsp3) is 0.438. The van der Waals surface area contributed by atoms with Crippen molar-refractivity contribution < 1.29 is 27.8 Å². The quantitative estimate of drug-likeness (QED) is 0.802. The summed E-state index contributed by atoms with van der Waals surface area (Å²) in [5.41, 5.74) is 0.595. The van der Waals surface area contributed by atoms with E-state index in [-0.39, 0.29) is 17.5 Å². The SMILES string of the molecule is O=C(NC1CCCCC1O)c1cc2ccc(OC(F)(F)F)cc2[nH]1. The Bertz CT molecular complexity index is 742. The number of aliphatic hydroxyl groups is 1. The second kappa shape index (κ2) is 6.35. The molecule has 1 fully saturated rings. The van der Waals surface area contributed by atoms with Crippen LogP contribution in [0, 0.1) is 0 Å². The number of ether oxygens (including phenoxy) is 1. The van der Waals surface area contributed by atoms with Gasteiger partial charge in [0.25, 0.3) is 5.91 Å². The molecule has 1 aromatic carbocycles. The number of halogens is 3.